The minimum Gasteiger partial charge on any atom is -0.354 e. The predicted octanol–water partition coefficient (Wildman–Crippen LogP) is 2.49. The fourth-order valence-electron chi connectivity index (χ4n) is 2.20. The van der Waals surface area contributed by atoms with E-state index in [0.29, 0.717) is 12.5 Å². The fraction of sp³-hybridized carbons (Fsp3) is 0.357. The van der Waals surface area contributed by atoms with Gasteiger partial charge in [0.1, 0.15) is 16.5 Å². The van der Waals surface area contributed by atoms with Gasteiger partial charge in [-0.15, -0.1) is 11.3 Å². The molecule has 0 bridgehead atoms. The van der Waals surface area contributed by atoms with Crippen LogP contribution in [0.5, 0.6) is 0 Å². The van der Waals surface area contributed by atoms with Crippen LogP contribution in [0.3, 0.4) is 0 Å². The summed E-state index contributed by atoms with van der Waals surface area (Å²) in [5, 5.41) is 6.32. The van der Waals surface area contributed by atoms with Crippen LogP contribution < -0.4 is 10.2 Å². The van der Waals surface area contributed by atoms with Crippen molar-refractivity contribution >= 4 is 33.3 Å². The molecule has 0 aliphatic heterocycles. The van der Waals surface area contributed by atoms with Crippen molar-refractivity contribution in [2.24, 2.45) is 7.05 Å². The number of aromatic nitrogens is 4. The number of nitrogens with one attached hydrogen (secondary N) is 1. The smallest absolute Gasteiger partial charge is 0.226 e. The molecular weight excluding hydrogens is 284 g/mol. The van der Waals surface area contributed by atoms with Crippen LogP contribution in [0, 0.1) is 0 Å². The molecule has 6 nitrogen and oxygen atoms in total. The van der Waals surface area contributed by atoms with Crippen LogP contribution in [0.15, 0.2) is 23.8 Å². The van der Waals surface area contributed by atoms with Gasteiger partial charge in [0.05, 0.1) is 11.9 Å². The van der Waals surface area contributed by atoms with Gasteiger partial charge in [0.25, 0.3) is 0 Å². The molecule has 0 atom stereocenters. The third-order valence-corrected chi connectivity index (χ3v) is 4.11. The fourth-order valence-corrected chi connectivity index (χ4v) is 2.96. The van der Waals surface area contributed by atoms with Crippen LogP contribution in [0.25, 0.3) is 10.2 Å². The second kappa shape index (κ2) is 5.69. The molecule has 0 unspecified atom stereocenters. The van der Waals surface area contributed by atoms with E-state index in [2.05, 4.69) is 31.2 Å². The zero-order valence-electron chi connectivity index (χ0n) is 12.4. The van der Waals surface area contributed by atoms with Gasteiger partial charge >= 0.3 is 0 Å². The zero-order chi connectivity index (χ0) is 14.8. The number of fused-ring (bicyclic) bond motifs is 1. The van der Waals surface area contributed by atoms with E-state index in [9.17, 15) is 0 Å². The van der Waals surface area contributed by atoms with Crippen LogP contribution in [0.4, 0.5) is 11.8 Å². The number of rotatable bonds is 5. The standard InChI is InChI=1S/C14H18N6S/c1-4-15-14-17-12(10-5-8-21-13(10)18-14)20(3)9-11-16-6-7-19(11)2/h5-8H,4,9H2,1-3H3,(H,15,17,18). The summed E-state index contributed by atoms with van der Waals surface area (Å²) >= 11 is 1.63. The average Bonchev–Trinajstić information content (AvgIpc) is 3.08. The molecule has 1 N–H and O–H groups in total. The number of imidazole rings is 1. The lowest BCUT2D eigenvalue weighted by atomic mass is 10.3. The Balaban J connectivity index is 1.97. The molecule has 0 fully saturated rings. The Kier molecular flexibility index (Phi) is 3.74. The van der Waals surface area contributed by atoms with Crippen molar-refractivity contribution < 1.29 is 0 Å². The molecule has 3 aromatic rings. The van der Waals surface area contributed by atoms with E-state index in [4.69, 9.17) is 0 Å². The van der Waals surface area contributed by atoms with Crippen LogP contribution in [-0.4, -0.2) is 33.1 Å². The van der Waals surface area contributed by atoms with Crippen molar-refractivity contribution in [3.8, 4) is 0 Å². The largest absolute Gasteiger partial charge is 0.354 e. The quantitative estimate of drug-likeness (QED) is 0.784. The molecule has 0 spiro atoms. The molecule has 0 aromatic carbocycles. The Morgan fingerprint density at radius 3 is 2.95 bits per heavy atom. The van der Waals surface area contributed by atoms with Gasteiger partial charge in [-0.1, -0.05) is 0 Å². The van der Waals surface area contributed by atoms with E-state index in [-0.39, 0.29) is 0 Å². The second-order valence-corrected chi connectivity index (χ2v) is 5.75. The maximum absolute atomic E-state index is 4.65. The third-order valence-electron chi connectivity index (χ3n) is 3.30. The van der Waals surface area contributed by atoms with Gasteiger partial charge in [-0.05, 0) is 18.4 Å². The first-order valence-electron chi connectivity index (χ1n) is 6.85. The van der Waals surface area contributed by atoms with E-state index in [1.54, 1.807) is 11.3 Å². The number of hydrogen-bond donors (Lipinski definition) is 1. The van der Waals surface area contributed by atoms with Crippen molar-refractivity contribution in [1.82, 2.24) is 19.5 Å². The van der Waals surface area contributed by atoms with Crippen molar-refractivity contribution in [2.45, 2.75) is 13.5 Å². The van der Waals surface area contributed by atoms with E-state index >= 15 is 0 Å². The maximum atomic E-state index is 4.65. The first-order valence-corrected chi connectivity index (χ1v) is 7.73. The summed E-state index contributed by atoms with van der Waals surface area (Å²) in [5.41, 5.74) is 0. The van der Waals surface area contributed by atoms with Gasteiger partial charge in [0.15, 0.2) is 0 Å². The van der Waals surface area contributed by atoms with Gasteiger partial charge in [-0.25, -0.2) is 9.97 Å². The SMILES string of the molecule is CCNc1nc(N(C)Cc2nccn2C)c2ccsc2n1. The molecule has 0 aliphatic rings. The monoisotopic (exact) mass is 302 g/mol. The second-order valence-electron chi connectivity index (χ2n) is 4.85. The first kappa shape index (κ1) is 13.8. The summed E-state index contributed by atoms with van der Waals surface area (Å²) in [7, 11) is 4.03. The molecule has 110 valence electrons. The number of aryl methyl sites for hydroxylation is 1. The summed E-state index contributed by atoms with van der Waals surface area (Å²) in [4.78, 5) is 16.7. The molecule has 0 saturated heterocycles. The Morgan fingerprint density at radius 1 is 1.38 bits per heavy atom. The normalized spacial score (nSPS) is 11.0. The average molecular weight is 302 g/mol. The highest BCUT2D eigenvalue weighted by Gasteiger charge is 2.14. The van der Waals surface area contributed by atoms with E-state index in [1.165, 1.54) is 0 Å². The van der Waals surface area contributed by atoms with Gasteiger partial charge < -0.3 is 14.8 Å². The lowest BCUT2D eigenvalue weighted by Gasteiger charge is -2.19. The van der Waals surface area contributed by atoms with Crippen LogP contribution >= 0.6 is 11.3 Å². The lowest BCUT2D eigenvalue weighted by Crippen LogP contribution is -2.21. The molecule has 3 rings (SSSR count). The maximum Gasteiger partial charge on any atom is 0.226 e. The zero-order valence-corrected chi connectivity index (χ0v) is 13.2. The predicted molar refractivity (Wildman–Crippen MR) is 86.9 cm³/mol. The number of nitrogens with zero attached hydrogens (tertiary/aromatic N) is 5. The van der Waals surface area contributed by atoms with E-state index in [1.807, 2.05) is 43.4 Å². The Bertz CT molecular complexity index is 747. The first-order chi connectivity index (χ1) is 10.2. The number of hydrogen-bond acceptors (Lipinski definition) is 6. The number of thiophene rings is 1. The summed E-state index contributed by atoms with van der Waals surface area (Å²) in [6, 6.07) is 2.07. The third kappa shape index (κ3) is 2.69. The molecule has 7 heteroatoms. The summed E-state index contributed by atoms with van der Waals surface area (Å²) in [6.45, 7) is 3.55. The van der Waals surface area contributed by atoms with Crippen molar-refractivity contribution in [1.29, 1.82) is 0 Å². The minimum absolute atomic E-state index is 0.675. The molecular formula is C14H18N6S. The highest BCUT2D eigenvalue weighted by molar-refractivity contribution is 7.16. The van der Waals surface area contributed by atoms with Crippen molar-refractivity contribution in [3.63, 3.8) is 0 Å². The topological polar surface area (TPSA) is 58.9 Å². The highest BCUT2D eigenvalue weighted by atomic mass is 32.1. The van der Waals surface area contributed by atoms with Gasteiger partial charge in [-0.2, -0.15) is 4.98 Å². The molecule has 3 aromatic heterocycles. The minimum atomic E-state index is 0.675. The van der Waals surface area contributed by atoms with Crippen LogP contribution in [-0.2, 0) is 13.6 Å². The van der Waals surface area contributed by atoms with Crippen LogP contribution in [0.2, 0.25) is 0 Å². The van der Waals surface area contributed by atoms with Gasteiger partial charge in [-0.3, -0.25) is 0 Å². The molecule has 0 saturated carbocycles. The summed E-state index contributed by atoms with van der Waals surface area (Å²) < 4.78 is 2.02. The molecule has 3 heterocycles. The van der Waals surface area contributed by atoms with E-state index < -0.39 is 0 Å². The van der Waals surface area contributed by atoms with Gasteiger partial charge in [0.2, 0.25) is 5.95 Å². The van der Waals surface area contributed by atoms with Crippen LogP contribution in [0.1, 0.15) is 12.7 Å². The lowest BCUT2D eigenvalue weighted by molar-refractivity contribution is 0.757. The Labute approximate surface area is 127 Å². The summed E-state index contributed by atoms with van der Waals surface area (Å²) in [5.74, 6) is 2.61. The molecule has 0 aliphatic carbocycles. The highest BCUT2D eigenvalue weighted by Crippen LogP contribution is 2.29. The molecule has 0 amide bonds. The number of anilines is 2. The summed E-state index contributed by atoms with van der Waals surface area (Å²) in [6.07, 6.45) is 3.76. The van der Waals surface area contributed by atoms with E-state index in [0.717, 1.165) is 28.4 Å². The van der Waals surface area contributed by atoms with Gasteiger partial charge in [0, 0.05) is 33.0 Å². The molecule has 21 heavy (non-hydrogen) atoms. The Hall–Kier alpha value is -2.15. The van der Waals surface area contributed by atoms with Crippen molar-refractivity contribution in [2.75, 3.05) is 23.8 Å². The van der Waals surface area contributed by atoms with Crippen molar-refractivity contribution in [3.05, 3.63) is 29.7 Å². The molecule has 0 radical (unpaired) electrons. The Morgan fingerprint density at radius 2 is 2.24 bits per heavy atom.